The maximum atomic E-state index is 12.8. The summed E-state index contributed by atoms with van der Waals surface area (Å²) in [6.07, 6.45) is 8.23. The van der Waals surface area contributed by atoms with E-state index in [1.165, 1.54) is 0 Å². The number of nitrogens with zero attached hydrogens (tertiary/aromatic N) is 2. The minimum atomic E-state index is -3.31. The van der Waals surface area contributed by atoms with Crippen molar-refractivity contribution in [3.63, 3.8) is 0 Å². The van der Waals surface area contributed by atoms with Crippen molar-refractivity contribution in [2.75, 3.05) is 18.4 Å². The van der Waals surface area contributed by atoms with E-state index < -0.39 is 9.84 Å². The fraction of sp³-hybridized carbons (Fsp3) is 0.217. The van der Waals surface area contributed by atoms with E-state index in [1.807, 2.05) is 18.2 Å². The van der Waals surface area contributed by atoms with E-state index in [0.29, 0.717) is 34.9 Å². The molecule has 0 spiro atoms. The number of sulfone groups is 1. The summed E-state index contributed by atoms with van der Waals surface area (Å²) in [6, 6.07) is 13.8. The standard InChI is InChI=1S/C23H24N4O3S/c28-22-4-2-1-3-18(22)6-5-17-15-25-23(26-16-17)27-19-7-9-20(10-8-19)31(29,30)21-11-13-24-14-12-21/h1-10,15-16,21,24,28H,11-14H2,(H,25,26,27)/b6-5+. The van der Waals surface area contributed by atoms with Crippen molar-refractivity contribution in [3.8, 4) is 5.75 Å². The van der Waals surface area contributed by atoms with Gasteiger partial charge < -0.3 is 15.7 Å². The number of phenolic OH excluding ortho intramolecular Hbond substituents is 1. The molecule has 3 N–H and O–H groups in total. The number of aromatic nitrogens is 2. The molecular formula is C23H24N4O3S. The topological polar surface area (TPSA) is 104 Å². The Morgan fingerprint density at radius 3 is 2.32 bits per heavy atom. The van der Waals surface area contributed by atoms with E-state index in [-0.39, 0.29) is 11.0 Å². The van der Waals surface area contributed by atoms with Gasteiger partial charge in [-0.05, 0) is 56.3 Å². The van der Waals surface area contributed by atoms with Crippen molar-refractivity contribution in [1.82, 2.24) is 15.3 Å². The number of hydrogen-bond donors (Lipinski definition) is 3. The van der Waals surface area contributed by atoms with Gasteiger partial charge in [-0.3, -0.25) is 0 Å². The fourth-order valence-electron chi connectivity index (χ4n) is 3.46. The second-order valence-electron chi connectivity index (χ2n) is 7.38. The lowest BCUT2D eigenvalue weighted by Gasteiger charge is -2.22. The van der Waals surface area contributed by atoms with Gasteiger partial charge in [0.1, 0.15) is 5.75 Å². The Kier molecular flexibility index (Phi) is 6.29. The molecule has 1 fully saturated rings. The van der Waals surface area contributed by atoms with Crippen LogP contribution in [0, 0.1) is 0 Å². The van der Waals surface area contributed by atoms with Gasteiger partial charge in [-0.25, -0.2) is 18.4 Å². The van der Waals surface area contributed by atoms with Crippen LogP contribution in [0.2, 0.25) is 0 Å². The van der Waals surface area contributed by atoms with E-state index in [2.05, 4.69) is 20.6 Å². The molecule has 4 rings (SSSR count). The molecule has 0 aliphatic carbocycles. The molecule has 160 valence electrons. The Bertz CT molecular complexity index is 1150. The molecule has 31 heavy (non-hydrogen) atoms. The molecule has 3 aromatic rings. The zero-order chi connectivity index (χ0) is 21.7. The van der Waals surface area contributed by atoms with Crippen LogP contribution in [-0.4, -0.2) is 41.8 Å². The monoisotopic (exact) mass is 436 g/mol. The highest BCUT2D eigenvalue weighted by Crippen LogP contribution is 2.24. The maximum Gasteiger partial charge on any atom is 0.227 e. The van der Waals surface area contributed by atoms with Crippen LogP contribution < -0.4 is 10.6 Å². The third kappa shape index (κ3) is 5.10. The van der Waals surface area contributed by atoms with Gasteiger partial charge in [-0.1, -0.05) is 30.4 Å². The first-order valence-corrected chi connectivity index (χ1v) is 11.7. The molecule has 8 heteroatoms. The third-order valence-corrected chi connectivity index (χ3v) is 7.51. The highest BCUT2D eigenvalue weighted by Gasteiger charge is 2.28. The smallest absolute Gasteiger partial charge is 0.227 e. The summed E-state index contributed by atoms with van der Waals surface area (Å²) in [7, 11) is -3.31. The first-order valence-electron chi connectivity index (χ1n) is 10.1. The zero-order valence-electron chi connectivity index (χ0n) is 16.9. The minimum absolute atomic E-state index is 0.212. The highest BCUT2D eigenvalue weighted by atomic mass is 32.2. The predicted molar refractivity (Wildman–Crippen MR) is 122 cm³/mol. The molecule has 1 aromatic heterocycles. The zero-order valence-corrected chi connectivity index (χ0v) is 17.7. The van der Waals surface area contributed by atoms with Crippen LogP contribution in [0.1, 0.15) is 24.0 Å². The fourth-order valence-corrected chi connectivity index (χ4v) is 5.21. The minimum Gasteiger partial charge on any atom is -0.507 e. The van der Waals surface area contributed by atoms with E-state index >= 15 is 0 Å². The number of piperidine rings is 1. The van der Waals surface area contributed by atoms with Crippen LogP contribution in [0.15, 0.2) is 65.8 Å². The number of aromatic hydroxyl groups is 1. The van der Waals surface area contributed by atoms with Gasteiger partial charge in [0.2, 0.25) is 5.95 Å². The van der Waals surface area contributed by atoms with Gasteiger partial charge in [0.05, 0.1) is 10.1 Å². The lowest BCUT2D eigenvalue weighted by molar-refractivity contribution is 0.474. The number of para-hydroxylation sites is 1. The predicted octanol–water partition coefficient (Wildman–Crippen LogP) is 3.62. The Morgan fingerprint density at radius 2 is 1.65 bits per heavy atom. The van der Waals surface area contributed by atoms with Gasteiger partial charge >= 0.3 is 0 Å². The molecule has 1 aliphatic rings. The Balaban J connectivity index is 1.41. The van der Waals surface area contributed by atoms with E-state index in [1.54, 1.807) is 54.9 Å². The van der Waals surface area contributed by atoms with Crippen molar-refractivity contribution in [2.24, 2.45) is 0 Å². The van der Waals surface area contributed by atoms with Crippen LogP contribution >= 0.6 is 0 Å². The Morgan fingerprint density at radius 1 is 0.968 bits per heavy atom. The molecule has 0 saturated carbocycles. The number of phenols is 1. The van der Waals surface area contributed by atoms with E-state index in [9.17, 15) is 13.5 Å². The summed E-state index contributed by atoms with van der Waals surface area (Å²) in [4.78, 5) is 8.93. The largest absolute Gasteiger partial charge is 0.507 e. The van der Waals surface area contributed by atoms with Crippen LogP contribution in [0.4, 0.5) is 11.6 Å². The summed E-state index contributed by atoms with van der Waals surface area (Å²) in [5.74, 6) is 0.622. The summed E-state index contributed by atoms with van der Waals surface area (Å²) >= 11 is 0. The first-order chi connectivity index (χ1) is 15.0. The van der Waals surface area contributed by atoms with E-state index in [4.69, 9.17) is 0 Å². The van der Waals surface area contributed by atoms with Crippen LogP contribution in [0.5, 0.6) is 5.75 Å². The second-order valence-corrected chi connectivity index (χ2v) is 9.60. The lowest BCUT2D eigenvalue weighted by Crippen LogP contribution is -2.35. The normalized spacial score (nSPS) is 15.2. The summed E-state index contributed by atoms with van der Waals surface area (Å²) < 4.78 is 25.6. The number of anilines is 2. The molecule has 0 unspecified atom stereocenters. The Labute approximate surface area is 181 Å². The summed E-state index contributed by atoms with van der Waals surface area (Å²) in [5, 5.41) is 15.8. The van der Waals surface area contributed by atoms with Gasteiger partial charge in [-0.2, -0.15) is 0 Å². The third-order valence-electron chi connectivity index (χ3n) is 5.23. The van der Waals surface area contributed by atoms with Crippen LogP contribution in [-0.2, 0) is 9.84 Å². The van der Waals surface area contributed by atoms with Crippen LogP contribution in [0.3, 0.4) is 0 Å². The average molecular weight is 437 g/mol. The van der Waals surface area contributed by atoms with Crippen molar-refractivity contribution in [1.29, 1.82) is 0 Å². The molecule has 0 atom stereocenters. The SMILES string of the molecule is O=S(=O)(c1ccc(Nc2ncc(/C=C/c3ccccc3O)cn2)cc1)C1CCNCC1. The Hall–Kier alpha value is -3.23. The molecule has 7 nitrogen and oxygen atoms in total. The van der Waals surface area contributed by atoms with Gasteiger partial charge in [0.25, 0.3) is 0 Å². The second kappa shape index (κ2) is 9.28. The quantitative estimate of drug-likeness (QED) is 0.542. The highest BCUT2D eigenvalue weighted by molar-refractivity contribution is 7.92. The van der Waals surface area contributed by atoms with Gasteiger partial charge in [0, 0.05) is 29.2 Å². The molecular weight excluding hydrogens is 412 g/mol. The molecule has 0 amide bonds. The maximum absolute atomic E-state index is 12.8. The first kappa shape index (κ1) is 21.0. The molecule has 0 bridgehead atoms. The molecule has 2 aromatic carbocycles. The number of benzene rings is 2. The number of nitrogens with one attached hydrogen (secondary N) is 2. The van der Waals surface area contributed by atoms with Crippen LogP contribution in [0.25, 0.3) is 12.2 Å². The summed E-state index contributed by atoms with van der Waals surface area (Å²) in [5.41, 5.74) is 2.21. The van der Waals surface area contributed by atoms with E-state index in [0.717, 1.165) is 18.7 Å². The molecule has 1 saturated heterocycles. The molecule has 2 heterocycles. The van der Waals surface area contributed by atoms with Crippen molar-refractivity contribution >= 4 is 33.6 Å². The van der Waals surface area contributed by atoms with Gasteiger partial charge in [-0.15, -0.1) is 0 Å². The van der Waals surface area contributed by atoms with Crippen molar-refractivity contribution < 1.29 is 13.5 Å². The van der Waals surface area contributed by atoms with Crippen molar-refractivity contribution in [2.45, 2.75) is 23.0 Å². The van der Waals surface area contributed by atoms with Crippen molar-refractivity contribution in [3.05, 3.63) is 72.1 Å². The van der Waals surface area contributed by atoms with Gasteiger partial charge in [0.15, 0.2) is 9.84 Å². The average Bonchev–Trinajstić information content (AvgIpc) is 2.80. The number of rotatable bonds is 6. The summed E-state index contributed by atoms with van der Waals surface area (Å²) in [6.45, 7) is 1.47. The lowest BCUT2D eigenvalue weighted by atomic mass is 10.1. The number of hydrogen-bond acceptors (Lipinski definition) is 7. The molecule has 1 aliphatic heterocycles. The molecule has 0 radical (unpaired) electrons.